The Morgan fingerprint density at radius 3 is 2.43 bits per heavy atom. The van der Waals surface area contributed by atoms with Crippen molar-refractivity contribution in [3.05, 3.63) is 93.9 Å². The molecule has 0 saturated carbocycles. The number of carbonyl (C=O) groups is 2. The number of aryl methyl sites for hydroxylation is 1. The summed E-state index contributed by atoms with van der Waals surface area (Å²) in [6.07, 6.45) is 1.12. The van der Waals surface area contributed by atoms with Crippen LogP contribution >= 0.6 is 0 Å². The molecule has 0 aliphatic carbocycles. The second-order valence-electron chi connectivity index (χ2n) is 6.42. The first-order chi connectivity index (χ1) is 14.4. The Bertz CT molecular complexity index is 1100. The number of carbonyl (C=O) groups excluding carboxylic acids is 2. The van der Waals surface area contributed by atoms with E-state index in [1.54, 1.807) is 0 Å². The number of halogens is 1. The molecule has 0 radical (unpaired) electrons. The molecule has 2 amide bonds. The highest BCUT2D eigenvalue weighted by Gasteiger charge is 2.20. The summed E-state index contributed by atoms with van der Waals surface area (Å²) in [5.41, 5.74) is 5.04. The molecule has 9 heteroatoms. The van der Waals surface area contributed by atoms with Crippen molar-refractivity contribution in [3.63, 3.8) is 0 Å². The normalized spacial score (nSPS) is 10.3. The highest BCUT2D eigenvalue weighted by Crippen LogP contribution is 2.12. The van der Waals surface area contributed by atoms with Crippen LogP contribution < -0.4 is 21.1 Å². The first-order valence-corrected chi connectivity index (χ1v) is 9.00. The molecule has 8 nitrogen and oxygen atoms in total. The highest BCUT2D eigenvalue weighted by atomic mass is 19.1. The van der Waals surface area contributed by atoms with Gasteiger partial charge in [0.2, 0.25) is 11.7 Å². The van der Waals surface area contributed by atoms with E-state index >= 15 is 0 Å². The fraction of sp³-hybridized carbons (Fsp3) is 0.143. The van der Waals surface area contributed by atoms with Crippen molar-refractivity contribution in [3.8, 4) is 5.75 Å². The molecule has 0 aliphatic rings. The number of rotatable bonds is 6. The molecule has 2 aromatic carbocycles. The number of aromatic nitrogens is 2. The van der Waals surface area contributed by atoms with Crippen LogP contribution in [0.1, 0.15) is 21.6 Å². The van der Waals surface area contributed by atoms with E-state index < -0.39 is 23.2 Å². The van der Waals surface area contributed by atoms with Crippen LogP contribution in [0, 0.1) is 5.82 Å². The van der Waals surface area contributed by atoms with Crippen molar-refractivity contribution >= 4 is 11.8 Å². The van der Waals surface area contributed by atoms with Crippen molar-refractivity contribution in [2.75, 3.05) is 0 Å². The molecule has 0 fully saturated rings. The average molecular weight is 410 g/mol. The molecule has 0 unspecified atom stereocenters. The van der Waals surface area contributed by atoms with E-state index in [9.17, 15) is 18.8 Å². The topological polar surface area (TPSA) is 102 Å². The Labute approximate surface area is 171 Å². The second kappa shape index (κ2) is 9.46. The van der Waals surface area contributed by atoms with Gasteiger partial charge in [0.25, 0.3) is 11.5 Å². The van der Waals surface area contributed by atoms with Gasteiger partial charge >= 0.3 is 0 Å². The number of hydrazine groups is 1. The van der Waals surface area contributed by atoms with Gasteiger partial charge in [-0.15, -0.1) is 0 Å². The predicted molar refractivity (Wildman–Crippen MR) is 106 cm³/mol. The monoisotopic (exact) mass is 410 g/mol. The minimum atomic E-state index is -0.803. The molecule has 0 aliphatic heterocycles. The Kier molecular flexibility index (Phi) is 6.53. The Morgan fingerprint density at radius 1 is 1.03 bits per heavy atom. The molecule has 2 N–H and O–H groups in total. The van der Waals surface area contributed by atoms with Gasteiger partial charge in [-0.2, -0.15) is 0 Å². The standard InChI is InChI=1S/C21H19FN4O4/c1-26-13-23-18(19(21(26)29)30-12-15-5-3-2-4-6-15)20(28)25-24-17(27)11-14-7-9-16(22)10-8-14/h2-10,13H,11-12H2,1H3,(H,24,27)(H,25,28). The molecule has 3 aromatic rings. The molecule has 3 rings (SSSR count). The predicted octanol–water partition coefficient (Wildman–Crippen LogP) is 1.50. The number of ether oxygens (including phenoxy) is 1. The van der Waals surface area contributed by atoms with Crippen LogP contribution in [0.5, 0.6) is 5.75 Å². The first-order valence-electron chi connectivity index (χ1n) is 9.00. The lowest BCUT2D eigenvalue weighted by atomic mass is 10.1. The van der Waals surface area contributed by atoms with Gasteiger partial charge in [-0.05, 0) is 23.3 Å². The molecular formula is C21H19FN4O4. The van der Waals surface area contributed by atoms with Crippen LogP contribution in [-0.2, 0) is 24.9 Å². The maximum absolute atomic E-state index is 12.9. The summed E-state index contributed by atoms with van der Waals surface area (Å²) >= 11 is 0. The summed E-state index contributed by atoms with van der Waals surface area (Å²) in [6, 6.07) is 14.5. The SMILES string of the molecule is Cn1cnc(C(=O)NNC(=O)Cc2ccc(F)cc2)c(OCc2ccccc2)c1=O. The molecular weight excluding hydrogens is 391 g/mol. The molecule has 0 atom stereocenters. The fourth-order valence-corrected chi connectivity index (χ4v) is 2.56. The van der Waals surface area contributed by atoms with Crippen molar-refractivity contribution < 1.29 is 18.7 Å². The molecule has 1 heterocycles. The maximum Gasteiger partial charge on any atom is 0.296 e. The minimum Gasteiger partial charge on any atom is -0.481 e. The Hall–Kier alpha value is -4.01. The summed E-state index contributed by atoms with van der Waals surface area (Å²) in [5.74, 6) is -1.96. The number of hydrogen-bond acceptors (Lipinski definition) is 5. The fourth-order valence-electron chi connectivity index (χ4n) is 2.56. The average Bonchev–Trinajstić information content (AvgIpc) is 2.75. The third-order valence-electron chi connectivity index (χ3n) is 4.12. The minimum absolute atomic E-state index is 0.0676. The van der Waals surface area contributed by atoms with Gasteiger partial charge in [-0.3, -0.25) is 29.8 Å². The molecule has 30 heavy (non-hydrogen) atoms. The summed E-state index contributed by atoms with van der Waals surface area (Å²) in [7, 11) is 1.48. The van der Waals surface area contributed by atoms with Gasteiger partial charge in [0.15, 0.2) is 5.69 Å². The number of amides is 2. The lowest BCUT2D eigenvalue weighted by molar-refractivity contribution is -0.121. The summed E-state index contributed by atoms with van der Waals surface area (Å²) in [6.45, 7) is 0.0684. The zero-order valence-corrected chi connectivity index (χ0v) is 16.1. The van der Waals surface area contributed by atoms with Gasteiger partial charge in [0.1, 0.15) is 12.4 Å². The molecule has 0 saturated heterocycles. The van der Waals surface area contributed by atoms with Crippen molar-refractivity contribution in [1.29, 1.82) is 0 Å². The largest absolute Gasteiger partial charge is 0.481 e. The number of nitrogens with one attached hydrogen (secondary N) is 2. The van der Waals surface area contributed by atoms with Gasteiger partial charge in [0, 0.05) is 7.05 Å². The van der Waals surface area contributed by atoms with E-state index in [0.29, 0.717) is 5.56 Å². The molecule has 1 aromatic heterocycles. The lowest BCUT2D eigenvalue weighted by Gasteiger charge is -2.12. The quantitative estimate of drug-likeness (QED) is 0.600. The molecule has 0 bridgehead atoms. The highest BCUT2D eigenvalue weighted by molar-refractivity contribution is 5.96. The Balaban J connectivity index is 1.67. The third kappa shape index (κ3) is 5.28. The van der Waals surface area contributed by atoms with E-state index in [1.165, 1.54) is 42.2 Å². The number of nitrogens with zero attached hydrogens (tertiary/aromatic N) is 2. The second-order valence-corrected chi connectivity index (χ2v) is 6.42. The summed E-state index contributed by atoms with van der Waals surface area (Å²) in [4.78, 5) is 40.9. The maximum atomic E-state index is 12.9. The van der Waals surface area contributed by atoms with Gasteiger partial charge in [-0.1, -0.05) is 42.5 Å². The van der Waals surface area contributed by atoms with Crippen LogP contribution in [0.3, 0.4) is 0 Å². The van der Waals surface area contributed by atoms with Crippen LogP contribution in [0.25, 0.3) is 0 Å². The van der Waals surface area contributed by atoms with E-state index in [2.05, 4.69) is 15.8 Å². The lowest BCUT2D eigenvalue weighted by Crippen LogP contribution is -2.43. The van der Waals surface area contributed by atoms with Crippen LogP contribution in [-0.4, -0.2) is 21.4 Å². The van der Waals surface area contributed by atoms with Crippen molar-refractivity contribution in [2.45, 2.75) is 13.0 Å². The van der Waals surface area contributed by atoms with Crippen LogP contribution in [0.4, 0.5) is 4.39 Å². The summed E-state index contributed by atoms with van der Waals surface area (Å²) in [5, 5.41) is 0. The van der Waals surface area contributed by atoms with E-state index in [0.717, 1.165) is 5.56 Å². The number of benzene rings is 2. The first kappa shape index (κ1) is 20.7. The zero-order valence-electron chi connectivity index (χ0n) is 16.1. The van der Waals surface area contributed by atoms with Gasteiger partial charge in [-0.25, -0.2) is 9.37 Å². The van der Waals surface area contributed by atoms with Crippen molar-refractivity contribution in [2.24, 2.45) is 7.05 Å². The van der Waals surface area contributed by atoms with Gasteiger partial charge < -0.3 is 4.74 Å². The third-order valence-corrected chi connectivity index (χ3v) is 4.12. The van der Waals surface area contributed by atoms with Crippen LogP contribution in [0.15, 0.2) is 65.7 Å². The smallest absolute Gasteiger partial charge is 0.296 e. The van der Waals surface area contributed by atoms with Crippen LogP contribution in [0.2, 0.25) is 0 Å². The Morgan fingerprint density at radius 2 is 1.73 bits per heavy atom. The van der Waals surface area contributed by atoms with Crippen molar-refractivity contribution in [1.82, 2.24) is 20.4 Å². The zero-order chi connectivity index (χ0) is 21.5. The van der Waals surface area contributed by atoms with E-state index in [-0.39, 0.29) is 24.5 Å². The van der Waals surface area contributed by atoms with E-state index in [4.69, 9.17) is 4.74 Å². The number of hydrogen-bond donors (Lipinski definition) is 2. The van der Waals surface area contributed by atoms with E-state index in [1.807, 2.05) is 30.3 Å². The molecule has 0 spiro atoms. The summed E-state index contributed by atoms with van der Waals surface area (Å²) < 4.78 is 19.7. The van der Waals surface area contributed by atoms with Gasteiger partial charge in [0.05, 0.1) is 12.7 Å². The molecule has 154 valence electrons.